The van der Waals surface area contributed by atoms with E-state index in [1.807, 2.05) is 0 Å². The van der Waals surface area contributed by atoms with Crippen LogP contribution in [0.1, 0.15) is 13.3 Å². The molecular weight excluding hydrogens is 443 g/mol. The van der Waals surface area contributed by atoms with Gasteiger partial charge in [-0.05, 0) is 0 Å². The summed E-state index contributed by atoms with van der Waals surface area (Å²) in [6, 6.07) is -3.26. The van der Waals surface area contributed by atoms with Gasteiger partial charge in [0, 0.05) is 13.3 Å². The number of carbonyl (C=O) groups excluding carboxylic acids is 1. The van der Waals surface area contributed by atoms with Crippen LogP contribution in [-0.2, 0) is 33.6 Å². The zero-order chi connectivity index (χ0) is 21.9. The van der Waals surface area contributed by atoms with Crippen molar-refractivity contribution < 1.29 is 86.2 Å². The van der Waals surface area contributed by atoms with Crippen molar-refractivity contribution in [2.45, 2.75) is 62.2 Å². The molecule has 2 heterocycles. The van der Waals surface area contributed by atoms with Gasteiger partial charge in [-0.15, -0.1) is 0 Å². The van der Waals surface area contributed by atoms with Crippen LogP contribution in [0.5, 0.6) is 0 Å². The van der Waals surface area contributed by atoms with Gasteiger partial charge in [-0.1, -0.05) is 0 Å². The monoisotopic (exact) mass is 466 g/mol. The number of amides is 1. The molecular formula is C14H23N2NaO12S. The fourth-order valence-corrected chi connectivity index (χ4v) is 3.83. The van der Waals surface area contributed by atoms with Crippen molar-refractivity contribution in [1.29, 1.82) is 0 Å². The molecule has 14 nitrogen and oxygen atoms in total. The molecule has 8 atom stereocenters. The summed E-state index contributed by atoms with van der Waals surface area (Å²) < 4.78 is 48.1. The van der Waals surface area contributed by atoms with Crippen molar-refractivity contribution in [3.8, 4) is 0 Å². The first-order chi connectivity index (χ1) is 13.5. The summed E-state index contributed by atoms with van der Waals surface area (Å²) in [5.41, 5.74) is 0. The number of carboxylic acid groups (broad SMARTS) is 1. The van der Waals surface area contributed by atoms with Crippen molar-refractivity contribution >= 4 is 22.3 Å². The smallest absolute Gasteiger partial charge is 0.726 e. The molecule has 2 saturated heterocycles. The SMILES string of the molecule is CC(=O)NC1C(O)[C@H](OS(=O)(=O)[O-])C(CO)O[C@H]1O[C@H]1C[C@@H](C(=O)O)N[C@@H]1CO.[Na+]. The Balaban J connectivity index is 0.00000450. The minimum absolute atomic E-state index is 0. The van der Waals surface area contributed by atoms with E-state index in [1.54, 1.807) is 0 Å². The summed E-state index contributed by atoms with van der Waals surface area (Å²) in [7, 11) is -5.28. The zero-order valence-electron chi connectivity index (χ0n) is 16.2. The fourth-order valence-electron chi connectivity index (χ4n) is 3.32. The molecule has 0 aromatic heterocycles. The first-order valence-corrected chi connectivity index (χ1v) is 9.91. The Hall–Kier alpha value is -0.430. The maximum absolute atomic E-state index is 11.5. The van der Waals surface area contributed by atoms with Gasteiger partial charge in [0.1, 0.15) is 30.4 Å². The van der Waals surface area contributed by atoms with Gasteiger partial charge >= 0.3 is 35.5 Å². The second-order valence-corrected chi connectivity index (χ2v) is 7.68. The van der Waals surface area contributed by atoms with E-state index in [9.17, 15) is 37.9 Å². The van der Waals surface area contributed by atoms with E-state index in [0.717, 1.165) is 6.92 Å². The van der Waals surface area contributed by atoms with Crippen LogP contribution in [0.2, 0.25) is 0 Å². The average molecular weight is 466 g/mol. The predicted molar refractivity (Wildman–Crippen MR) is 88.9 cm³/mol. The summed E-state index contributed by atoms with van der Waals surface area (Å²) >= 11 is 0. The summed E-state index contributed by atoms with van der Waals surface area (Å²) in [5.74, 6) is -1.84. The normalized spacial score (nSPS) is 36.7. The van der Waals surface area contributed by atoms with Crippen molar-refractivity contribution in [1.82, 2.24) is 10.6 Å². The molecule has 0 aromatic carbocycles. The van der Waals surface area contributed by atoms with E-state index in [1.165, 1.54) is 0 Å². The number of rotatable bonds is 8. The second-order valence-electron chi connectivity index (χ2n) is 6.67. The van der Waals surface area contributed by atoms with E-state index in [0.29, 0.717) is 0 Å². The van der Waals surface area contributed by atoms with Crippen molar-refractivity contribution in [2.75, 3.05) is 13.2 Å². The topological polar surface area (TPSA) is 224 Å². The van der Waals surface area contributed by atoms with Gasteiger partial charge in [-0.2, -0.15) is 0 Å². The van der Waals surface area contributed by atoms with Crippen LogP contribution < -0.4 is 40.2 Å². The number of aliphatic hydroxyl groups excluding tert-OH is 3. The summed E-state index contributed by atoms with van der Waals surface area (Å²) in [6.45, 7) is -0.262. The number of carbonyl (C=O) groups is 2. The van der Waals surface area contributed by atoms with E-state index >= 15 is 0 Å². The number of ether oxygens (including phenoxy) is 2. The minimum Gasteiger partial charge on any atom is -0.726 e. The van der Waals surface area contributed by atoms with Gasteiger partial charge < -0.3 is 39.8 Å². The second kappa shape index (κ2) is 11.4. The Morgan fingerprint density at radius 3 is 2.40 bits per heavy atom. The molecule has 0 saturated carbocycles. The van der Waals surface area contributed by atoms with Crippen LogP contribution in [0, 0.1) is 0 Å². The third kappa shape index (κ3) is 7.04. The molecule has 168 valence electrons. The Morgan fingerprint density at radius 1 is 1.30 bits per heavy atom. The maximum Gasteiger partial charge on any atom is 1.00 e. The Kier molecular flexibility index (Phi) is 10.5. The Bertz CT molecular complexity index is 709. The first kappa shape index (κ1) is 27.6. The fraction of sp³-hybridized carbons (Fsp3) is 0.857. The van der Waals surface area contributed by atoms with Crippen molar-refractivity contribution in [2.24, 2.45) is 0 Å². The molecule has 2 fully saturated rings. The quantitative estimate of drug-likeness (QED) is 0.111. The van der Waals surface area contributed by atoms with Gasteiger partial charge in [-0.3, -0.25) is 19.1 Å². The van der Waals surface area contributed by atoms with E-state index in [2.05, 4.69) is 14.8 Å². The predicted octanol–water partition coefficient (Wildman–Crippen LogP) is -7.39. The van der Waals surface area contributed by atoms with Crippen LogP contribution in [0.15, 0.2) is 0 Å². The molecule has 2 aliphatic heterocycles. The minimum atomic E-state index is -5.28. The summed E-state index contributed by atoms with van der Waals surface area (Å²) in [4.78, 5) is 22.7. The number of carboxylic acids is 1. The molecule has 0 aromatic rings. The number of hydrogen-bond acceptors (Lipinski definition) is 12. The molecule has 6 N–H and O–H groups in total. The van der Waals surface area contributed by atoms with E-state index < -0.39 is 84.3 Å². The van der Waals surface area contributed by atoms with Gasteiger partial charge in [0.05, 0.1) is 25.4 Å². The molecule has 16 heteroatoms. The van der Waals surface area contributed by atoms with Crippen LogP contribution in [0.25, 0.3) is 0 Å². The van der Waals surface area contributed by atoms with E-state index in [4.69, 9.17) is 14.6 Å². The molecule has 1 amide bonds. The maximum atomic E-state index is 11.5. The molecule has 0 radical (unpaired) electrons. The molecule has 0 aliphatic carbocycles. The van der Waals surface area contributed by atoms with Crippen LogP contribution >= 0.6 is 0 Å². The largest absolute Gasteiger partial charge is 1.00 e. The summed E-state index contributed by atoms with van der Waals surface area (Å²) in [6.07, 6.45) is -7.66. The Labute approximate surface area is 194 Å². The molecule has 0 spiro atoms. The first-order valence-electron chi connectivity index (χ1n) is 8.57. The standard InChI is InChI=1S/C14H24N2O12S.Na/c1-5(19)15-10-11(20)12(28-29(23,24)25)9(4-18)27-14(10)26-8-2-6(13(21)22)16-7(8)3-17;/h6-12,14,16-18,20H,2-4H2,1H3,(H,15,19)(H,21,22)(H,23,24,25);/q;+1/p-1/t6-,7+,8-,9?,10?,11?,12+,14+;/m0./s1. The molecule has 3 unspecified atom stereocenters. The van der Waals surface area contributed by atoms with Crippen LogP contribution in [-0.4, -0.2) is 107 Å². The molecule has 2 rings (SSSR count). The number of hydrogen-bond donors (Lipinski definition) is 6. The number of nitrogens with one attached hydrogen (secondary N) is 2. The Morgan fingerprint density at radius 2 is 1.93 bits per heavy atom. The van der Waals surface area contributed by atoms with Gasteiger partial charge in [0.25, 0.3) is 0 Å². The van der Waals surface area contributed by atoms with Gasteiger partial charge in [0.15, 0.2) is 6.29 Å². The van der Waals surface area contributed by atoms with Crippen LogP contribution in [0.3, 0.4) is 0 Å². The van der Waals surface area contributed by atoms with Crippen molar-refractivity contribution in [3.63, 3.8) is 0 Å². The third-order valence-electron chi connectivity index (χ3n) is 4.59. The number of aliphatic hydroxyl groups is 3. The number of aliphatic carboxylic acids is 1. The molecule has 2 aliphatic rings. The summed E-state index contributed by atoms with van der Waals surface area (Å²) in [5, 5.41) is 43.4. The van der Waals surface area contributed by atoms with Crippen LogP contribution in [0.4, 0.5) is 0 Å². The third-order valence-corrected chi connectivity index (χ3v) is 5.05. The van der Waals surface area contributed by atoms with E-state index in [-0.39, 0.29) is 36.0 Å². The van der Waals surface area contributed by atoms with Crippen molar-refractivity contribution in [3.05, 3.63) is 0 Å². The zero-order valence-corrected chi connectivity index (χ0v) is 19.0. The average Bonchev–Trinajstić information content (AvgIpc) is 3.02. The molecule has 30 heavy (non-hydrogen) atoms. The van der Waals surface area contributed by atoms with Gasteiger partial charge in [0.2, 0.25) is 16.3 Å². The molecule has 0 bridgehead atoms. The van der Waals surface area contributed by atoms with Gasteiger partial charge in [-0.25, -0.2) is 8.42 Å².